The molecule has 2 heterocycles. The molecule has 0 aliphatic carbocycles. The Morgan fingerprint density at radius 3 is 2.33 bits per heavy atom. The predicted octanol–water partition coefficient (Wildman–Crippen LogP) is 7.40. The van der Waals surface area contributed by atoms with Crippen LogP contribution in [-0.4, -0.2) is 53.7 Å². The molecule has 0 spiro atoms. The van der Waals surface area contributed by atoms with Crippen molar-refractivity contribution in [3.63, 3.8) is 0 Å². The minimum absolute atomic E-state index is 0.0884. The number of hydrogen-bond acceptors (Lipinski definition) is 9. The van der Waals surface area contributed by atoms with Crippen LogP contribution in [0, 0.1) is 27.7 Å². The number of aryl methyl sites for hydroxylation is 1. The maximum atomic E-state index is 14.5. The topological polar surface area (TPSA) is 163 Å². The SMILES string of the molecule is Cc1ccc(C(N[C@@H](CCCN=C(N)NS(=O)(=O)c2c(C)c(C)c3c(c2C)CCC(C)(C)O3)C(=O)On2nnc3ccccc32)(c2ccccc2)c2ccccc2Cl)cc1. The highest BCUT2D eigenvalue weighted by atomic mass is 35.5. The van der Waals surface area contributed by atoms with Crippen molar-refractivity contribution in [3.05, 3.63) is 153 Å². The zero-order chi connectivity index (χ0) is 42.8. The van der Waals surface area contributed by atoms with Gasteiger partial charge in [0.2, 0.25) is 5.96 Å². The second-order valence-electron chi connectivity index (χ2n) is 15.9. The van der Waals surface area contributed by atoms with Gasteiger partial charge in [-0.1, -0.05) is 107 Å². The smallest absolute Gasteiger partial charge is 0.351 e. The van der Waals surface area contributed by atoms with E-state index in [-0.39, 0.29) is 29.4 Å². The number of nitrogens with one attached hydrogen (secondary N) is 2. The lowest BCUT2D eigenvalue weighted by molar-refractivity contribution is -0.148. The van der Waals surface area contributed by atoms with Crippen LogP contribution < -0.4 is 25.3 Å². The highest BCUT2D eigenvalue weighted by Gasteiger charge is 2.42. The van der Waals surface area contributed by atoms with Crippen LogP contribution in [0.1, 0.15) is 77.6 Å². The lowest BCUT2D eigenvalue weighted by Gasteiger charge is -2.40. The molecular formula is C46H50ClN7O5S. The minimum atomic E-state index is -4.12. The Balaban J connectivity index is 1.20. The van der Waals surface area contributed by atoms with Crippen LogP contribution in [0.4, 0.5) is 0 Å². The van der Waals surface area contributed by atoms with Crippen molar-refractivity contribution in [2.24, 2.45) is 10.7 Å². The van der Waals surface area contributed by atoms with E-state index < -0.39 is 27.6 Å². The van der Waals surface area contributed by atoms with Crippen molar-refractivity contribution in [1.82, 2.24) is 25.2 Å². The van der Waals surface area contributed by atoms with E-state index >= 15 is 0 Å². The molecule has 1 aliphatic rings. The van der Waals surface area contributed by atoms with E-state index in [9.17, 15) is 13.2 Å². The van der Waals surface area contributed by atoms with Gasteiger partial charge in [-0.2, -0.15) is 0 Å². The van der Waals surface area contributed by atoms with Gasteiger partial charge in [0.25, 0.3) is 10.0 Å². The summed E-state index contributed by atoms with van der Waals surface area (Å²) in [6, 6.07) is 31.6. The zero-order valence-corrected chi connectivity index (χ0v) is 36.2. The first-order valence-electron chi connectivity index (χ1n) is 19.9. The number of sulfonamides is 1. The number of guanidine groups is 1. The monoisotopic (exact) mass is 847 g/mol. The van der Waals surface area contributed by atoms with E-state index in [1.165, 1.54) is 0 Å². The summed E-state index contributed by atoms with van der Waals surface area (Å²) in [6.45, 7) is 11.6. The molecule has 1 aliphatic heterocycles. The molecule has 60 heavy (non-hydrogen) atoms. The van der Waals surface area contributed by atoms with E-state index in [1.807, 2.05) is 119 Å². The summed E-state index contributed by atoms with van der Waals surface area (Å²) in [5.74, 6) is -0.158. The molecule has 1 unspecified atom stereocenters. The van der Waals surface area contributed by atoms with Crippen molar-refractivity contribution in [2.75, 3.05) is 6.54 Å². The predicted molar refractivity (Wildman–Crippen MR) is 235 cm³/mol. The molecule has 0 saturated heterocycles. The van der Waals surface area contributed by atoms with Gasteiger partial charge in [0.1, 0.15) is 28.4 Å². The molecule has 12 nitrogen and oxygen atoms in total. The fourth-order valence-corrected chi connectivity index (χ4v) is 9.82. The number of halogens is 1. The number of hydrogen-bond donors (Lipinski definition) is 3. The zero-order valence-electron chi connectivity index (χ0n) is 34.6. The van der Waals surface area contributed by atoms with Gasteiger partial charge in [0, 0.05) is 11.6 Å². The Bertz CT molecular complexity index is 2680. The normalized spacial score (nSPS) is 15.4. The number of benzene rings is 5. The minimum Gasteiger partial charge on any atom is -0.487 e. The summed E-state index contributed by atoms with van der Waals surface area (Å²) in [5.41, 5.74) is 12.2. The van der Waals surface area contributed by atoms with Crippen LogP contribution in [0.15, 0.2) is 113 Å². The van der Waals surface area contributed by atoms with Gasteiger partial charge in [-0.3, -0.25) is 10.3 Å². The summed E-state index contributed by atoms with van der Waals surface area (Å²) < 4.78 is 36.7. The molecule has 1 aromatic heterocycles. The third-order valence-corrected chi connectivity index (χ3v) is 13.2. The molecular weight excluding hydrogens is 798 g/mol. The molecule has 5 aromatic carbocycles. The number of ether oxygens (including phenoxy) is 1. The number of rotatable bonds is 13. The van der Waals surface area contributed by atoms with Gasteiger partial charge >= 0.3 is 5.97 Å². The highest BCUT2D eigenvalue weighted by molar-refractivity contribution is 7.90. The number of aliphatic imine (C=N–C) groups is 1. The number of para-hydroxylation sites is 1. The molecule has 0 radical (unpaired) electrons. The molecule has 6 aromatic rings. The molecule has 4 N–H and O–H groups in total. The van der Waals surface area contributed by atoms with E-state index in [0.29, 0.717) is 40.0 Å². The van der Waals surface area contributed by atoms with Crippen molar-refractivity contribution < 1.29 is 22.8 Å². The third kappa shape index (κ3) is 8.47. The van der Waals surface area contributed by atoms with Gasteiger partial charge in [-0.25, -0.2) is 17.9 Å². The Morgan fingerprint density at radius 1 is 0.933 bits per heavy atom. The van der Waals surface area contributed by atoms with Gasteiger partial charge in [-0.15, -0.1) is 5.10 Å². The largest absolute Gasteiger partial charge is 0.487 e. The molecule has 0 bridgehead atoms. The maximum absolute atomic E-state index is 14.5. The average molecular weight is 848 g/mol. The molecule has 14 heteroatoms. The summed E-state index contributed by atoms with van der Waals surface area (Å²) >= 11 is 7.04. The third-order valence-electron chi connectivity index (χ3n) is 11.2. The second kappa shape index (κ2) is 17.1. The van der Waals surface area contributed by atoms with Crippen molar-refractivity contribution in [1.29, 1.82) is 0 Å². The number of nitrogens with zero attached hydrogens (tertiary/aromatic N) is 4. The quantitative estimate of drug-likeness (QED) is 0.0354. The lowest BCUT2D eigenvalue weighted by Crippen LogP contribution is -2.54. The van der Waals surface area contributed by atoms with E-state index in [1.54, 1.807) is 26.0 Å². The van der Waals surface area contributed by atoms with Crippen LogP contribution in [0.3, 0.4) is 0 Å². The van der Waals surface area contributed by atoms with Crippen molar-refractivity contribution >= 4 is 44.6 Å². The van der Waals surface area contributed by atoms with Gasteiger partial charge in [0.15, 0.2) is 0 Å². The van der Waals surface area contributed by atoms with Crippen molar-refractivity contribution in [3.8, 4) is 5.75 Å². The molecule has 0 fully saturated rings. The fraction of sp³-hybridized carbons (Fsp3) is 0.304. The number of carbonyl (C=O) groups excluding carboxylic acids is 1. The summed E-state index contributed by atoms with van der Waals surface area (Å²) in [5, 5.41) is 12.5. The molecule has 0 saturated carbocycles. The molecule has 312 valence electrons. The van der Waals surface area contributed by atoms with E-state index in [0.717, 1.165) is 50.4 Å². The number of carbonyl (C=O) groups is 1. The van der Waals surface area contributed by atoms with Crippen LogP contribution in [0.5, 0.6) is 5.75 Å². The first-order chi connectivity index (χ1) is 28.6. The van der Waals surface area contributed by atoms with Gasteiger partial charge in [-0.05, 0) is 130 Å². The maximum Gasteiger partial charge on any atom is 0.351 e. The van der Waals surface area contributed by atoms with Gasteiger partial charge < -0.3 is 15.3 Å². The summed E-state index contributed by atoms with van der Waals surface area (Å²) in [4.78, 5) is 26.2. The van der Waals surface area contributed by atoms with Crippen LogP contribution in [-0.2, 0) is 26.8 Å². The van der Waals surface area contributed by atoms with E-state index in [2.05, 4.69) is 25.3 Å². The Morgan fingerprint density at radius 2 is 1.60 bits per heavy atom. The summed E-state index contributed by atoms with van der Waals surface area (Å²) in [6.07, 6.45) is 1.95. The van der Waals surface area contributed by atoms with Gasteiger partial charge in [0.05, 0.1) is 10.4 Å². The first kappa shape index (κ1) is 42.4. The Labute approximate surface area is 356 Å². The van der Waals surface area contributed by atoms with Crippen molar-refractivity contribution in [2.45, 2.75) is 89.3 Å². The molecule has 7 rings (SSSR count). The summed E-state index contributed by atoms with van der Waals surface area (Å²) in [7, 11) is -4.12. The Hall–Kier alpha value is -5.76. The number of nitrogens with two attached hydrogens (primary N) is 1. The van der Waals surface area contributed by atoms with Crippen LogP contribution in [0.2, 0.25) is 5.02 Å². The highest BCUT2D eigenvalue weighted by Crippen LogP contribution is 2.43. The van der Waals surface area contributed by atoms with E-state index in [4.69, 9.17) is 26.9 Å². The number of fused-ring (bicyclic) bond motifs is 2. The standard InChI is InChI=1S/C46H50ClN7O5S/c1-29-22-24-34(25-23-29)46(33-15-8-7-9-16-33,36-17-10-11-18-37(36)47)50-39(43(55)59-54-40-21-13-12-19-38(40)51-53-54)20-14-28-49-44(48)52-60(56,57)42-31(3)30(2)41-35(32(42)4)26-27-45(5,6)58-41/h7-13,15-19,21-25,39,50H,14,20,26-28H2,1-6H3,(H3,48,49,52)/t39-,46?/m0/s1. The Kier molecular flexibility index (Phi) is 12.1. The first-order valence-corrected chi connectivity index (χ1v) is 21.8. The number of aromatic nitrogens is 3. The average Bonchev–Trinajstić information content (AvgIpc) is 3.62. The van der Waals surface area contributed by atoms with Crippen LogP contribution >= 0.6 is 11.6 Å². The second-order valence-corrected chi connectivity index (χ2v) is 17.9. The lowest BCUT2D eigenvalue weighted by atomic mass is 9.76. The molecule has 2 atom stereocenters. The molecule has 0 amide bonds. The fourth-order valence-electron chi connectivity index (χ4n) is 8.02. The van der Waals surface area contributed by atoms with Crippen LogP contribution in [0.25, 0.3) is 11.0 Å².